The third-order valence-electron chi connectivity index (χ3n) is 2.43. The van der Waals surface area contributed by atoms with Gasteiger partial charge in [-0.25, -0.2) is 13.1 Å². The number of nitrogens with zero attached hydrogens (tertiary/aromatic N) is 1. The molecule has 1 fully saturated rings. The number of amides is 1. The average Bonchev–Trinajstić information content (AvgIpc) is 2.28. The molecule has 1 rings (SSSR count). The monoisotopic (exact) mass is 250 g/mol. The lowest BCUT2D eigenvalue weighted by Gasteiger charge is -2.29. The molecule has 1 amide bonds. The molecule has 1 aliphatic heterocycles. The van der Waals surface area contributed by atoms with Crippen LogP contribution in [0.2, 0.25) is 0 Å². The van der Waals surface area contributed by atoms with Crippen molar-refractivity contribution in [2.45, 2.75) is 19.9 Å². The first-order chi connectivity index (χ1) is 7.46. The smallest absolute Gasteiger partial charge is 0.240 e. The molecule has 1 aliphatic rings. The van der Waals surface area contributed by atoms with Crippen molar-refractivity contribution in [3.05, 3.63) is 0 Å². The number of nitrogens with one attached hydrogen (secondary N) is 1. The fourth-order valence-electron chi connectivity index (χ4n) is 1.46. The first-order valence-electron chi connectivity index (χ1n) is 5.33. The van der Waals surface area contributed by atoms with Gasteiger partial charge in [0.05, 0.1) is 25.0 Å². The normalized spacial score (nSPS) is 19.5. The zero-order chi connectivity index (χ0) is 12.2. The Labute approximate surface area is 96.0 Å². The number of rotatable bonds is 4. The van der Waals surface area contributed by atoms with Crippen LogP contribution in [0.5, 0.6) is 0 Å². The fraction of sp³-hybridized carbons (Fsp3) is 0.889. The van der Waals surface area contributed by atoms with E-state index in [0.717, 1.165) is 0 Å². The second-order valence-electron chi connectivity index (χ2n) is 3.68. The van der Waals surface area contributed by atoms with Crippen LogP contribution in [-0.4, -0.2) is 57.3 Å². The van der Waals surface area contributed by atoms with Crippen LogP contribution in [0.4, 0.5) is 0 Å². The van der Waals surface area contributed by atoms with E-state index in [4.69, 9.17) is 4.74 Å². The fourth-order valence-corrected chi connectivity index (χ4v) is 2.27. The molecule has 1 N–H and O–H groups in total. The maximum absolute atomic E-state index is 11.8. The predicted molar refractivity (Wildman–Crippen MR) is 59.5 cm³/mol. The van der Waals surface area contributed by atoms with Gasteiger partial charge in [0.2, 0.25) is 15.9 Å². The zero-order valence-corrected chi connectivity index (χ0v) is 10.4. The average molecular weight is 250 g/mol. The van der Waals surface area contributed by atoms with Gasteiger partial charge in [-0.3, -0.25) is 4.79 Å². The third kappa shape index (κ3) is 3.73. The molecular weight excluding hydrogens is 232 g/mol. The quantitative estimate of drug-likeness (QED) is 0.707. The van der Waals surface area contributed by atoms with Gasteiger partial charge < -0.3 is 9.64 Å². The van der Waals surface area contributed by atoms with E-state index in [-0.39, 0.29) is 11.7 Å². The SMILES string of the molecule is CCS(=O)(=O)N[C@@H](C)C(=O)N1CCOCC1. The van der Waals surface area contributed by atoms with Crippen LogP contribution in [0, 0.1) is 0 Å². The van der Waals surface area contributed by atoms with Gasteiger partial charge in [0.25, 0.3) is 0 Å². The first kappa shape index (κ1) is 13.4. The summed E-state index contributed by atoms with van der Waals surface area (Å²) < 4.78 is 30.0. The lowest BCUT2D eigenvalue weighted by molar-refractivity contribution is -0.136. The summed E-state index contributed by atoms with van der Waals surface area (Å²) in [5.41, 5.74) is 0. The topological polar surface area (TPSA) is 75.7 Å². The molecule has 1 heterocycles. The summed E-state index contributed by atoms with van der Waals surface area (Å²) in [6.07, 6.45) is 0. The third-order valence-corrected chi connectivity index (χ3v) is 3.90. The second kappa shape index (κ2) is 5.60. The highest BCUT2D eigenvalue weighted by atomic mass is 32.2. The van der Waals surface area contributed by atoms with Crippen molar-refractivity contribution in [3.8, 4) is 0 Å². The van der Waals surface area contributed by atoms with Gasteiger partial charge in [0.15, 0.2) is 0 Å². The van der Waals surface area contributed by atoms with Crippen LogP contribution >= 0.6 is 0 Å². The standard InChI is InChI=1S/C9H18N2O4S/c1-3-16(13,14)10-8(2)9(12)11-4-6-15-7-5-11/h8,10H,3-7H2,1-2H3/t8-/m0/s1. The number of hydrogen-bond acceptors (Lipinski definition) is 4. The zero-order valence-electron chi connectivity index (χ0n) is 9.60. The first-order valence-corrected chi connectivity index (χ1v) is 6.98. The molecule has 7 heteroatoms. The van der Waals surface area contributed by atoms with Crippen LogP contribution in [0.1, 0.15) is 13.8 Å². The van der Waals surface area contributed by atoms with Gasteiger partial charge in [-0.1, -0.05) is 0 Å². The Bertz CT molecular complexity index is 335. The molecule has 0 bridgehead atoms. The molecule has 0 aromatic heterocycles. The Balaban J connectivity index is 2.53. The van der Waals surface area contributed by atoms with Crippen LogP contribution in [0.15, 0.2) is 0 Å². The van der Waals surface area contributed by atoms with Crippen LogP contribution in [-0.2, 0) is 19.6 Å². The van der Waals surface area contributed by atoms with Crippen molar-refractivity contribution in [1.29, 1.82) is 0 Å². The maximum Gasteiger partial charge on any atom is 0.240 e. The van der Waals surface area contributed by atoms with Crippen molar-refractivity contribution in [2.24, 2.45) is 0 Å². The highest BCUT2D eigenvalue weighted by Gasteiger charge is 2.25. The highest BCUT2D eigenvalue weighted by molar-refractivity contribution is 7.89. The molecular formula is C9H18N2O4S. The Morgan fingerprint density at radius 1 is 1.44 bits per heavy atom. The summed E-state index contributed by atoms with van der Waals surface area (Å²) in [4.78, 5) is 13.5. The Morgan fingerprint density at radius 2 is 2.00 bits per heavy atom. The highest BCUT2D eigenvalue weighted by Crippen LogP contribution is 2.01. The van der Waals surface area contributed by atoms with E-state index in [2.05, 4.69) is 4.72 Å². The molecule has 0 aromatic rings. The molecule has 0 unspecified atom stereocenters. The molecule has 0 aromatic carbocycles. The molecule has 6 nitrogen and oxygen atoms in total. The van der Waals surface area contributed by atoms with E-state index in [0.29, 0.717) is 26.3 Å². The lowest BCUT2D eigenvalue weighted by atomic mass is 10.3. The van der Waals surface area contributed by atoms with Gasteiger partial charge in [0, 0.05) is 13.1 Å². The van der Waals surface area contributed by atoms with E-state index in [9.17, 15) is 13.2 Å². The van der Waals surface area contributed by atoms with Crippen molar-refractivity contribution in [2.75, 3.05) is 32.1 Å². The van der Waals surface area contributed by atoms with E-state index >= 15 is 0 Å². The van der Waals surface area contributed by atoms with Gasteiger partial charge in [-0.05, 0) is 13.8 Å². The van der Waals surface area contributed by atoms with E-state index < -0.39 is 16.1 Å². The van der Waals surface area contributed by atoms with E-state index in [1.165, 1.54) is 6.92 Å². The van der Waals surface area contributed by atoms with Crippen molar-refractivity contribution in [1.82, 2.24) is 9.62 Å². The lowest BCUT2D eigenvalue weighted by Crippen LogP contribution is -2.50. The van der Waals surface area contributed by atoms with Gasteiger partial charge in [-0.15, -0.1) is 0 Å². The number of carbonyl (C=O) groups is 1. The number of ether oxygens (including phenoxy) is 1. The molecule has 0 radical (unpaired) electrons. The molecule has 1 saturated heterocycles. The molecule has 94 valence electrons. The largest absolute Gasteiger partial charge is 0.378 e. The Hall–Kier alpha value is -0.660. The maximum atomic E-state index is 11.8. The van der Waals surface area contributed by atoms with Crippen LogP contribution < -0.4 is 4.72 Å². The summed E-state index contributed by atoms with van der Waals surface area (Å²) in [6, 6.07) is -0.706. The van der Waals surface area contributed by atoms with E-state index in [1.54, 1.807) is 11.8 Å². The molecule has 0 spiro atoms. The summed E-state index contributed by atoms with van der Waals surface area (Å²) in [5.74, 6) is -0.214. The minimum absolute atomic E-state index is 0.0201. The molecule has 1 atom stereocenters. The number of carbonyl (C=O) groups excluding carboxylic acids is 1. The van der Waals surface area contributed by atoms with Crippen LogP contribution in [0.3, 0.4) is 0 Å². The van der Waals surface area contributed by atoms with Gasteiger partial charge in [0.1, 0.15) is 0 Å². The summed E-state index contributed by atoms with van der Waals surface area (Å²) in [7, 11) is -3.33. The number of sulfonamides is 1. The number of morpholine rings is 1. The van der Waals surface area contributed by atoms with Gasteiger partial charge in [-0.2, -0.15) is 0 Å². The van der Waals surface area contributed by atoms with E-state index in [1.807, 2.05) is 0 Å². The summed E-state index contributed by atoms with van der Waals surface area (Å²) >= 11 is 0. The van der Waals surface area contributed by atoms with Crippen LogP contribution in [0.25, 0.3) is 0 Å². The summed E-state index contributed by atoms with van der Waals surface area (Å²) in [6.45, 7) is 5.17. The molecule has 0 aliphatic carbocycles. The Morgan fingerprint density at radius 3 is 2.50 bits per heavy atom. The minimum atomic E-state index is -3.33. The van der Waals surface area contributed by atoms with Crippen molar-refractivity contribution in [3.63, 3.8) is 0 Å². The van der Waals surface area contributed by atoms with Gasteiger partial charge >= 0.3 is 0 Å². The predicted octanol–water partition coefficient (Wildman–Crippen LogP) is -0.827. The van der Waals surface area contributed by atoms with Crippen molar-refractivity contribution < 1.29 is 17.9 Å². The second-order valence-corrected chi connectivity index (χ2v) is 5.72. The Kier molecular flexibility index (Phi) is 4.69. The minimum Gasteiger partial charge on any atom is -0.378 e. The molecule has 0 saturated carbocycles. The number of hydrogen-bond donors (Lipinski definition) is 1. The summed E-state index contributed by atoms with van der Waals surface area (Å²) in [5, 5.41) is 0. The molecule has 16 heavy (non-hydrogen) atoms. The van der Waals surface area contributed by atoms with Crippen molar-refractivity contribution >= 4 is 15.9 Å².